The van der Waals surface area contributed by atoms with Gasteiger partial charge in [0, 0.05) is 12.5 Å². The molecule has 0 spiro atoms. The highest BCUT2D eigenvalue weighted by atomic mass is 35.5. The summed E-state index contributed by atoms with van der Waals surface area (Å²) >= 11 is 5.70. The Balaban J connectivity index is 2.89. The zero-order valence-corrected chi connectivity index (χ0v) is 13.6. The topological polar surface area (TPSA) is 119 Å². The Bertz CT molecular complexity index is 626. The van der Waals surface area contributed by atoms with Crippen molar-refractivity contribution in [3.63, 3.8) is 0 Å². The van der Waals surface area contributed by atoms with Crippen molar-refractivity contribution in [2.24, 2.45) is 0 Å². The lowest BCUT2D eigenvalue weighted by molar-refractivity contribution is -0.384. The molecule has 8 nitrogen and oxygen atoms in total. The molecule has 0 aliphatic carbocycles. The normalized spacial score (nSPS) is 12.3. The van der Waals surface area contributed by atoms with Crippen LogP contribution in [0.3, 0.4) is 0 Å². The number of ether oxygens (including phenoxy) is 1. The van der Waals surface area contributed by atoms with Crippen molar-refractivity contribution in [3.05, 3.63) is 38.9 Å². The van der Waals surface area contributed by atoms with Crippen molar-refractivity contribution in [1.82, 2.24) is 5.32 Å². The van der Waals surface area contributed by atoms with E-state index in [1.54, 1.807) is 20.8 Å². The van der Waals surface area contributed by atoms with Gasteiger partial charge in [-0.1, -0.05) is 17.7 Å². The average Bonchev–Trinajstić information content (AvgIpc) is 2.37. The second-order valence-corrected chi connectivity index (χ2v) is 6.19. The van der Waals surface area contributed by atoms with E-state index in [0.717, 1.165) is 0 Å². The first kappa shape index (κ1) is 18.7. The first-order valence-corrected chi connectivity index (χ1v) is 7.02. The standard InChI is InChI=1S/C14H17ClN2O6/c1-14(2,3)23-13(20)16-10(12(18)19)6-8-4-5-9(15)11(7-8)17(21)22/h4-5,7,10H,6H2,1-3H3,(H,16,20)(H,18,19)/t10-/m0/s1. The fraction of sp³-hybridized carbons (Fsp3) is 0.429. The summed E-state index contributed by atoms with van der Waals surface area (Å²) in [5.74, 6) is -1.28. The zero-order valence-electron chi connectivity index (χ0n) is 12.8. The van der Waals surface area contributed by atoms with Crippen LogP contribution in [0.25, 0.3) is 0 Å². The van der Waals surface area contributed by atoms with Gasteiger partial charge in [-0.25, -0.2) is 9.59 Å². The van der Waals surface area contributed by atoms with Gasteiger partial charge >= 0.3 is 12.1 Å². The predicted molar refractivity (Wildman–Crippen MR) is 82.6 cm³/mol. The Morgan fingerprint density at radius 2 is 2.04 bits per heavy atom. The van der Waals surface area contributed by atoms with Crippen LogP contribution in [0, 0.1) is 10.1 Å². The van der Waals surface area contributed by atoms with Crippen LogP contribution in [0.4, 0.5) is 10.5 Å². The summed E-state index contributed by atoms with van der Waals surface area (Å²) in [5, 5.41) is 22.2. The molecule has 0 fully saturated rings. The number of rotatable bonds is 5. The van der Waals surface area contributed by atoms with Crippen LogP contribution in [0.5, 0.6) is 0 Å². The maximum Gasteiger partial charge on any atom is 0.408 e. The molecule has 2 N–H and O–H groups in total. The third-order valence-corrected chi connectivity index (χ3v) is 2.96. The number of nitrogens with one attached hydrogen (secondary N) is 1. The molecule has 0 unspecified atom stereocenters. The number of carboxylic acid groups (broad SMARTS) is 1. The Hall–Kier alpha value is -2.35. The van der Waals surface area contributed by atoms with Crippen molar-refractivity contribution in [2.45, 2.75) is 38.8 Å². The number of hydrogen-bond donors (Lipinski definition) is 2. The highest BCUT2D eigenvalue weighted by molar-refractivity contribution is 6.32. The zero-order chi connectivity index (χ0) is 17.8. The monoisotopic (exact) mass is 344 g/mol. The van der Waals surface area contributed by atoms with Gasteiger partial charge in [0.05, 0.1) is 4.92 Å². The summed E-state index contributed by atoms with van der Waals surface area (Å²) in [6, 6.07) is 2.66. The Morgan fingerprint density at radius 1 is 1.43 bits per heavy atom. The number of aliphatic carboxylic acids is 1. The molecule has 0 bridgehead atoms. The third kappa shape index (κ3) is 6.11. The van der Waals surface area contributed by atoms with Crippen molar-refractivity contribution in [1.29, 1.82) is 0 Å². The van der Waals surface area contributed by atoms with Crippen LogP contribution >= 0.6 is 11.6 Å². The summed E-state index contributed by atoms with van der Waals surface area (Å²) < 4.78 is 4.99. The molecule has 1 rings (SSSR count). The van der Waals surface area contributed by atoms with Crippen LogP contribution in [-0.2, 0) is 16.0 Å². The molecule has 1 aromatic carbocycles. The van der Waals surface area contributed by atoms with Crippen LogP contribution < -0.4 is 5.32 Å². The van der Waals surface area contributed by atoms with Crippen molar-refractivity contribution in [2.75, 3.05) is 0 Å². The average molecular weight is 345 g/mol. The molecule has 126 valence electrons. The molecule has 0 aromatic heterocycles. The Kier molecular flexibility index (Phi) is 5.91. The number of nitro benzene ring substituents is 1. The Morgan fingerprint density at radius 3 is 2.52 bits per heavy atom. The molecule has 0 saturated carbocycles. The molecule has 23 heavy (non-hydrogen) atoms. The second-order valence-electron chi connectivity index (χ2n) is 5.78. The third-order valence-electron chi connectivity index (χ3n) is 2.64. The van der Waals surface area contributed by atoms with Crippen LogP contribution in [0.2, 0.25) is 5.02 Å². The Labute approximate surface area is 137 Å². The lowest BCUT2D eigenvalue weighted by atomic mass is 10.1. The fourth-order valence-corrected chi connectivity index (χ4v) is 1.90. The molecule has 1 amide bonds. The summed E-state index contributed by atoms with van der Waals surface area (Å²) in [5.41, 5.74) is -0.748. The molecule has 0 radical (unpaired) electrons. The molecule has 0 saturated heterocycles. The van der Waals surface area contributed by atoms with Crippen molar-refractivity contribution in [3.8, 4) is 0 Å². The van der Waals surface area contributed by atoms with Gasteiger partial charge in [-0.2, -0.15) is 0 Å². The minimum Gasteiger partial charge on any atom is -0.480 e. The van der Waals surface area contributed by atoms with E-state index in [4.69, 9.17) is 16.3 Å². The lowest BCUT2D eigenvalue weighted by Crippen LogP contribution is -2.44. The van der Waals surface area contributed by atoms with Gasteiger partial charge in [-0.15, -0.1) is 0 Å². The molecule has 0 aliphatic rings. The number of nitrogens with zero attached hydrogens (tertiary/aromatic N) is 1. The van der Waals surface area contributed by atoms with E-state index in [0.29, 0.717) is 5.56 Å². The van der Waals surface area contributed by atoms with E-state index in [1.165, 1.54) is 18.2 Å². The fourth-order valence-electron chi connectivity index (χ4n) is 1.71. The minimum atomic E-state index is -1.29. The van der Waals surface area contributed by atoms with E-state index >= 15 is 0 Å². The number of halogens is 1. The molecular weight excluding hydrogens is 328 g/mol. The van der Waals surface area contributed by atoms with Crippen LogP contribution in [0.1, 0.15) is 26.3 Å². The van der Waals surface area contributed by atoms with Crippen LogP contribution in [-0.4, -0.2) is 33.7 Å². The van der Waals surface area contributed by atoms with Crippen molar-refractivity contribution >= 4 is 29.4 Å². The molecule has 0 aliphatic heterocycles. The number of carbonyl (C=O) groups is 2. The van der Waals surface area contributed by atoms with E-state index in [1.807, 2.05) is 0 Å². The quantitative estimate of drug-likeness (QED) is 0.626. The SMILES string of the molecule is CC(C)(C)OC(=O)N[C@@H](Cc1ccc(Cl)c([N+](=O)[O-])c1)C(=O)O. The molecule has 9 heteroatoms. The van der Waals surface area contributed by atoms with Crippen LogP contribution in [0.15, 0.2) is 18.2 Å². The summed E-state index contributed by atoms with van der Waals surface area (Å²) in [6.45, 7) is 4.93. The van der Waals surface area contributed by atoms with Gasteiger partial charge in [-0.05, 0) is 32.4 Å². The smallest absolute Gasteiger partial charge is 0.408 e. The first-order chi connectivity index (χ1) is 10.5. The van der Waals surface area contributed by atoms with E-state index in [-0.39, 0.29) is 17.1 Å². The molecule has 0 heterocycles. The number of nitro groups is 1. The second kappa shape index (κ2) is 7.28. The number of carboxylic acids is 1. The maximum absolute atomic E-state index is 11.7. The summed E-state index contributed by atoms with van der Waals surface area (Å²) in [6.07, 6.45) is -1.03. The van der Waals surface area contributed by atoms with E-state index in [9.17, 15) is 24.8 Å². The lowest BCUT2D eigenvalue weighted by Gasteiger charge is -2.22. The predicted octanol–water partition coefficient (Wildman–Crippen LogP) is 2.77. The van der Waals surface area contributed by atoms with Gasteiger partial charge in [0.2, 0.25) is 0 Å². The summed E-state index contributed by atoms with van der Waals surface area (Å²) in [4.78, 5) is 33.1. The number of carbonyl (C=O) groups excluding carboxylic acids is 1. The summed E-state index contributed by atoms with van der Waals surface area (Å²) in [7, 11) is 0. The van der Waals surface area contributed by atoms with Gasteiger partial charge < -0.3 is 15.2 Å². The number of amides is 1. The number of hydrogen-bond acceptors (Lipinski definition) is 5. The van der Waals surface area contributed by atoms with Crippen molar-refractivity contribution < 1.29 is 24.4 Å². The maximum atomic E-state index is 11.7. The van der Waals surface area contributed by atoms with Gasteiger partial charge in [0.1, 0.15) is 16.7 Å². The van der Waals surface area contributed by atoms with Gasteiger partial charge in [0.25, 0.3) is 5.69 Å². The molecule has 1 atom stereocenters. The number of alkyl carbamates (subject to hydrolysis) is 1. The number of benzene rings is 1. The van der Waals surface area contributed by atoms with E-state index < -0.39 is 28.6 Å². The highest BCUT2D eigenvalue weighted by Gasteiger charge is 2.25. The minimum absolute atomic E-state index is 0.0503. The van der Waals surface area contributed by atoms with Gasteiger partial charge in [-0.3, -0.25) is 10.1 Å². The molecule has 1 aromatic rings. The highest BCUT2D eigenvalue weighted by Crippen LogP contribution is 2.25. The largest absolute Gasteiger partial charge is 0.480 e. The first-order valence-electron chi connectivity index (χ1n) is 6.65. The van der Waals surface area contributed by atoms with Gasteiger partial charge in [0.15, 0.2) is 0 Å². The van der Waals surface area contributed by atoms with E-state index in [2.05, 4.69) is 5.32 Å². The molecular formula is C14H17ClN2O6.